The van der Waals surface area contributed by atoms with Gasteiger partial charge in [0.2, 0.25) is 5.91 Å². The van der Waals surface area contributed by atoms with E-state index in [1.165, 1.54) is 14.2 Å². The summed E-state index contributed by atoms with van der Waals surface area (Å²) in [6.07, 6.45) is 0.921. The molecule has 2 rings (SSSR count). The molecule has 0 spiro atoms. The molecule has 22 heavy (non-hydrogen) atoms. The molecule has 0 atom stereocenters. The molecule has 0 unspecified atom stereocenters. The van der Waals surface area contributed by atoms with Crippen molar-refractivity contribution in [3.8, 4) is 11.5 Å². The Hall–Kier alpha value is -1.17. The Morgan fingerprint density at radius 3 is 2.45 bits per heavy atom. The van der Waals surface area contributed by atoms with Gasteiger partial charge in [0, 0.05) is 32.6 Å². The number of rotatable bonds is 5. The smallest absolute Gasteiger partial charge is 0.222 e. The van der Waals surface area contributed by atoms with Gasteiger partial charge in [-0.2, -0.15) is 0 Å². The summed E-state index contributed by atoms with van der Waals surface area (Å²) in [5, 5.41) is 3.98. The van der Waals surface area contributed by atoms with E-state index in [2.05, 4.69) is 5.32 Å². The Bertz CT molecular complexity index is 546. The van der Waals surface area contributed by atoms with Crippen LogP contribution >= 0.6 is 23.2 Å². The van der Waals surface area contributed by atoms with Crippen LogP contribution in [0.3, 0.4) is 0 Å². The van der Waals surface area contributed by atoms with Crippen molar-refractivity contribution in [2.45, 2.75) is 12.8 Å². The average molecular weight is 347 g/mol. The van der Waals surface area contributed by atoms with E-state index in [4.69, 9.17) is 32.7 Å². The monoisotopic (exact) mass is 346 g/mol. The van der Waals surface area contributed by atoms with Crippen molar-refractivity contribution < 1.29 is 14.3 Å². The second-order valence-electron chi connectivity index (χ2n) is 5.03. The van der Waals surface area contributed by atoms with Crippen molar-refractivity contribution in [3.63, 3.8) is 0 Å². The summed E-state index contributed by atoms with van der Waals surface area (Å²) >= 11 is 12.4. The Morgan fingerprint density at radius 2 is 1.86 bits per heavy atom. The predicted octanol–water partition coefficient (Wildman–Crippen LogP) is 2.38. The lowest BCUT2D eigenvalue weighted by atomic mass is 10.1. The standard InChI is InChI=1S/C15H20Cl2N2O3/c1-21-14-10(9-11(16)15(22-2)13(14)17)3-4-12(20)19-7-5-18-6-8-19/h9,18H,3-8H2,1-2H3. The molecule has 0 aromatic heterocycles. The number of nitrogens with one attached hydrogen (secondary N) is 1. The Labute approximate surface area is 140 Å². The normalized spacial score (nSPS) is 14.8. The number of benzene rings is 1. The zero-order valence-electron chi connectivity index (χ0n) is 12.7. The van der Waals surface area contributed by atoms with Gasteiger partial charge in [0.05, 0.1) is 19.2 Å². The van der Waals surface area contributed by atoms with E-state index in [0.29, 0.717) is 34.4 Å². The Balaban J connectivity index is 2.10. The zero-order valence-corrected chi connectivity index (χ0v) is 14.3. The maximum atomic E-state index is 12.2. The Kier molecular flexibility index (Phi) is 6.17. The Morgan fingerprint density at radius 1 is 1.23 bits per heavy atom. The van der Waals surface area contributed by atoms with Gasteiger partial charge >= 0.3 is 0 Å². The minimum atomic E-state index is 0.131. The molecule has 5 nitrogen and oxygen atoms in total. The van der Waals surface area contributed by atoms with Crippen LogP contribution in [0.15, 0.2) is 6.07 Å². The molecule has 0 bridgehead atoms. The minimum absolute atomic E-state index is 0.131. The third kappa shape index (κ3) is 3.77. The fourth-order valence-electron chi connectivity index (χ4n) is 2.54. The van der Waals surface area contributed by atoms with Gasteiger partial charge in [-0.15, -0.1) is 0 Å². The van der Waals surface area contributed by atoms with Crippen LogP contribution in [0.4, 0.5) is 0 Å². The van der Waals surface area contributed by atoms with E-state index in [1.807, 2.05) is 4.90 Å². The van der Waals surface area contributed by atoms with E-state index < -0.39 is 0 Å². The molecule has 0 saturated carbocycles. The van der Waals surface area contributed by atoms with E-state index in [9.17, 15) is 4.79 Å². The lowest BCUT2D eigenvalue weighted by Crippen LogP contribution is -2.46. The average Bonchev–Trinajstić information content (AvgIpc) is 2.53. The third-order valence-electron chi connectivity index (χ3n) is 3.69. The molecule has 1 N–H and O–H groups in total. The first-order valence-corrected chi connectivity index (χ1v) is 7.91. The summed E-state index contributed by atoms with van der Waals surface area (Å²) in [4.78, 5) is 14.1. The summed E-state index contributed by atoms with van der Waals surface area (Å²) < 4.78 is 10.5. The third-order valence-corrected chi connectivity index (χ3v) is 4.32. The van der Waals surface area contributed by atoms with Gasteiger partial charge in [0.1, 0.15) is 10.8 Å². The number of aryl methyl sites for hydroxylation is 1. The predicted molar refractivity (Wildman–Crippen MR) is 87.3 cm³/mol. The van der Waals surface area contributed by atoms with Gasteiger partial charge in [-0.25, -0.2) is 0 Å². The highest BCUT2D eigenvalue weighted by Gasteiger charge is 2.20. The molecule has 122 valence electrons. The summed E-state index contributed by atoms with van der Waals surface area (Å²) in [6.45, 7) is 3.19. The van der Waals surface area contributed by atoms with E-state index in [1.54, 1.807) is 6.07 Å². The van der Waals surface area contributed by atoms with Gasteiger partial charge in [0.15, 0.2) is 5.75 Å². The molecule has 1 aromatic carbocycles. The van der Waals surface area contributed by atoms with Gasteiger partial charge < -0.3 is 19.7 Å². The second-order valence-corrected chi connectivity index (χ2v) is 5.81. The van der Waals surface area contributed by atoms with Crippen LogP contribution < -0.4 is 14.8 Å². The topological polar surface area (TPSA) is 50.8 Å². The molecule has 1 fully saturated rings. The molecule has 1 aliphatic rings. The van der Waals surface area contributed by atoms with Crippen LogP contribution in [0.5, 0.6) is 11.5 Å². The minimum Gasteiger partial charge on any atom is -0.495 e. The van der Waals surface area contributed by atoms with E-state index in [0.717, 1.165) is 31.7 Å². The van der Waals surface area contributed by atoms with Crippen molar-refractivity contribution in [3.05, 3.63) is 21.7 Å². The number of piperazine rings is 1. The first-order chi connectivity index (χ1) is 10.6. The van der Waals surface area contributed by atoms with Crippen LogP contribution in [0, 0.1) is 0 Å². The lowest BCUT2D eigenvalue weighted by Gasteiger charge is -2.27. The highest BCUT2D eigenvalue weighted by Crippen LogP contribution is 2.42. The van der Waals surface area contributed by atoms with Gasteiger partial charge in [-0.05, 0) is 18.1 Å². The van der Waals surface area contributed by atoms with Crippen LogP contribution in [-0.4, -0.2) is 51.2 Å². The number of halogens is 2. The second kappa shape index (κ2) is 7.90. The van der Waals surface area contributed by atoms with Crippen LogP contribution in [-0.2, 0) is 11.2 Å². The maximum Gasteiger partial charge on any atom is 0.222 e. The van der Waals surface area contributed by atoms with Crippen molar-refractivity contribution >= 4 is 29.1 Å². The molecular formula is C15H20Cl2N2O3. The summed E-state index contributed by atoms with van der Waals surface area (Å²) in [5.74, 6) is 1.03. The molecule has 7 heteroatoms. The fraction of sp³-hybridized carbons (Fsp3) is 0.533. The van der Waals surface area contributed by atoms with E-state index in [-0.39, 0.29) is 5.91 Å². The number of nitrogens with zero attached hydrogens (tertiary/aromatic N) is 1. The van der Waals surface area contributed by atoms with Crippen molar-refractivity contribution in [2.24, 2.45) is 0 Å². The molecule has 1 aromatic rings. The first kappa shape index (κ1) is 17.2. The summed E-state index contributed by atoms with van der Waals surface area (Å²) in [5.41, 5.74) is 0.807. The first-order valence-electron chi connectivity index (χ1n) is 7.15. The molecule has 0 aliphatic carbocycles. The van der Waals surface area contributed by atoms with Crippen LogP contribution in [0.1, 0.15) is 12.0 Å². The number of methoxy groups -OCH3 is 2. The van der Waals surface area contributed by atoms with Crippen molar-refractivity contribution in [1.82, 2.24) is 10.2 Å². The number of carbonyl (C=O) groups is 1. The molecule has 1 amide bonds. The largest absolute Gasteiger partial charge is 0.495 e. The number of hydrogen-bond donors (Lipinski definition) is 1. The highest BCUT2D eigenvalue weighted by molar-refractivity contribution is 6.38. The molecule has 1 aliphatic heterocycles. The van der Waals surface area contributed by atoms with Gasteiger partial charge in [-0.1, -0.05) is 23.2 Å². The molecular weight excluding hydrogens is 327 g/mol. The SMILES string of the molecule is COc1c(Cl)cc(CCC(=O)N2CCNCC2)c(OC)c1Cl. The number of amides is 1. The number of carbonyl (C=O) groups excluding carboxylic acids is 1. The van der Waals surface area contributed by atoms with Crippen molar-refractivity contribution in [2.75, 3.05) is 40.4 Å². The molecule has 1 heterocycles. The van der Waals surface area contributed by atoms with Gasteiger partial charge in [0.25, 0.3) is 0 Å². The molecule has 1 saturated heterocycles. The zero-order chi connectivity index (χ0) is 16.1. The highest BCUT2D eigenvalue weighted by atomic mass is 35.5. The summed E-state index contributed by atoms with van der Waals surface area (Å²) in [7, 11) is 3.04. The lowest BCUT2D eigenvalue weighted by molar-refractivity contribution is -0.131. The maximum absolute atomic E-state index is 12.2. The van der Waals surface area contributed by atoms with E-state index >= 15 is 0 Å². The fourth-order valence-corrected chi connectivity index (χ4v) is 3.27. The summed E-state index contributed by atoms with van der Waals surface area (Å²) in [6, 6.07) is 1.75. The molecule has 0 radical (unpaired) electrons. The van der Waals surface area contributed by atoms with Crippen LogP contribution in [0.25, 0.3) is 0 Å². The quantitative estimate of drug-likeness (QED) is 0.889. The number of hydrogen-bond acceptors (Lipinski definition) is 4. The van der Waals surface area contributed by atoms with Gasteiger partial charge in [-0.3, -0.25) is 4.79 Å². The van der Waals surface area contributed by atoms with Crippen LogP contribution in [0.2, 0.25) is 10.0 Å². The van der Waals surface area contributed by atoms with Crippen molar-refractivity contribution in [1.29, 1.82) is 0 Å². The number of ether oxygens (including phenoxy) is 2.